The van der Waals surface area contributed by atoms with Gasteiger partial charge in [-0.1, -0.05) is 18.2 Å². The molecule has 1 amide bonds. The maximum atomic E-state index is 12.6. The third-order valence-electron chi connectivity index (χ3n) is 5.41. The number of hydrogen-bond acceptors (Lipinski definition) is 4. The van der Waals surface area contributed by atoms with Crippen LogP contribution in [0.4, 0.5) is 5.69 Å². The Hall–Kier alpha value is -1.43. The molecule has 2 aliphatic rings. The summed E-state index contributed by atoms with van der Waals surface area (Å²) in [4.78, 5) is 19.5. The number of fused-ring (bicyclic) bond motifs is 1. The van der Waals surface area contributed by atoms with E-state index in [1.54, 1.807) is 0 Å². The maximum Gasteiger partial charge on any atom is 0.228 e. The van der Waals surface area contributed by atoms with Crippen molar-refractivity contribution in [2.24, 2.45) is 0 Å². The molecule has 0 N–H and O–H groups in total. The zero-order chi connectivity index (χ0) is 17.6. The first kappa shape index (κ1) is 18.4. The van der Waals surface area contributed by atoms with Gasteiger partial charge in [0.15, 0.2) is 0 Å². The van der Waals surface area contributed by atoms with E-state index in [9.17, 15) is 4.79 Å². The van der Waals surface area contributed by atoms with Crippen LogP contribution >= 0.6 is 0 Å². The summed E-state index contributed by atoms with van der Waals surface area (Å²) in [6, 6.07) is 8.80. The van der Waals surface area contributed by atoms with Gasteiger partial charge in [-0.15, -0.1) is 0 Å². The number of piperazine rings is 1. The van der Waals surface area contributed by atoms with Gasteiger partial charge in [-0.05, 0) is 31.9 Å². The van der Waals surface area contributed by atoms with Crippen LogP contribution in [-0.4, -0.2) is 74.2 Å². The smallest absolute Gasteiger partial charge is 0.228 e. The predicted octanol–water partition coefficient (Wildman–Crippen LogP) is 2.01. The Kier molecular flexibility index (Phi) is 6.45. The summed E-state index contributed by atoms with van der Waals surface area (Å²) < 4.78 is 5.47. The summed E-state index contributed by atoms with van der Waals surface area (Å²) in [6.45, 7) is 11.8. The van der Waals surface area contributed by atoms with Gasteiger partial charge in [0.05, 0.1) is 6.61 Å². The molecule has 1 aromatic carbocycles. The normalized spacial score (nSPS) is 21.5. The maximum absolute atomic E-state index is 12.6. The van der Waals surface area contributed by atoms with E-state index in [2.05, 4.69) is 34.9 Å². The molecule has 1 aromatic rings. The van der Waals surface area contributed by atoms with E-state index < -0.39 is 0 Å². The third-order valence-corrected chi connectivity index (χ3v) is 5.41. The van der Waals surface area contributed by atoms with Crippen LogP contribution in [0.2, 0.25) is 0 Å². The molecule has 0 spiro atoms. The van der Waals surface area contributed by atoms with Crippen LogP contribution in [0.5, 0.6) is 0 Å². The molecule has 1 fully saturated rings. The molecule has 2 aliphatic heterocycles. The van der Waals surface area contributed by atoms with E-state index >= 15 is 0 Å². The fourth-order valence-corrected chi connectivity index (χ4v) is 3.92. The van der Waals surface area contributed by atoms with Gasteiger partial charge in [0.25, 0.3) is 0 Å². The molecular formula is C20H31N3O2. The number of hydrogen-bond donors (Lipinski definition) is 0. The van der Waals surface area contributed by atoms with Gasteiger partial charge in [0.2, 0.25) is 5.91 Å². The third kappa shape index (κ3) is 4.60. The second kappa shape index (κ2) is 8.79. The molecule has 0 aliphatic carbocycles. The molecule has 1 atom stereocenters. The molecule has 0 radical (unpaired) electrons. The second-order valence-electron chi connectivity index (χ2n) is 7.06. The lowest BCUT2D eigenvalue weighted by Gasteiger charge is -2.39. The van der Waals surface area contributed by atoms with E-state index in [0.29, 0.717) is 12.5 Å². The summed E-state index contributed by atoms with van der Waals surface area (Å²) in [6.07, 6.45) is 1.59. The Morgan fingerprint density at radius 1 is 1.20 bits per heavy atom. The van der Waals surface area contributed by atoms with Gasteiger partial charge in [-0.2, -0.15) is 0 Å². The number of anilines is 1. The number of carbonyl (C=O) groups is 1. The van der Waals surface area contributed by atoms with E-state index in [0.717, 1.165) is 64.6 Å². The summed E-state index contributed by atoms with van der Waals surface area (Å²) >= 11 is 0. The Morgan fingerprint density at radius 3 is 2.84 bits per heavy atom. The van der Waals surface area contributed by atoms with Crippen LogP contribution in [0.1, 0.15) is 25.8 Å². The molecule has 25 heavy (non-hydrogen) atoms. The van der Waals surface area contributed by atoms with E-state index in [1.165, 1.54) is 5.56 Å². The molecule has 5 nitrogen and oxygen atoms in total. The first-order chi connectivity index (χ1) is 12.2. The van der Waals surface area contributed by atoms with Crippen LogP contribution in [0.15, 0.2) is 24.3 Å². The van der Waals surface area contributed by atoms with Crippen molar-refractivity contribution < 1.29 is 9.53 Å². The topological polar surface area (TPSA) is 36.0 Å². The largest absolute Gasteiger partial charge is 0.380 e. The van der Waals surface area contributed by atoms with Crippen molar-refractivity contribution in [2.75, 3.05) is 57.4 Å². The van der Waals surface area contributed by atoms with Crippen molar-refractivity contribution in [1.29, 1.82) is 0 Å². The minimum absolute atomic E-state index is 0.261. The number of benzene rings is 1. The van der Waals surface area contributed by atoms with E-state index in [1.807, 2.05) is 17.9 Å². The first-order valence-corrected chi connectivity index (χ1v) is 9.61. The average molecular weight is 345 g/mol. The number of carbonyl (C=O) groups excluding carboxylic acids is 1. The molecule has 0 saturated carbocycles. The highest BCUT2D eigenvalue weighted by Gasteiger charge is 2.26. The molecule has 138 valence electrons. The average Bonchev–Trinajstić information content (AvgIpc) is 3.06. The van der Waals surface area contributed by atoms with Crippen LogP contribution in [0.25, 0.3) is 0 Å². The van der Waals surface area contributed by atoms with Gasteiger partial charge in [-0.25, -0.2) is 0 Å². The van der Waals surface area contributed by atoms with Gasteiger partial charge in [0, 0.05) is 64.0 Å². The monoisotopic (exact) mass is 345 g/mol. The highest BCUT2D eigenvalue weighted by atomic mass is 16.5. The van der Waals surface area contributed by atoms with Gasteiger partial charge < -0.3 is 14.5 Å². The zero-order valence-corrected chi connectivity index (χ0v) is 15.6. The van der Waals surface area contributed by atoms with Crippen molar-refractivity contribution in [2.45, 2.75) is 32.7 Å². The highest BCUT2D eigenvalue weighted by Crippen LogP contribution is 2.27. The van der Waals surface area contributed by atoms with Crippen LogP contribution in [0, 0.1) is 0 Å². The molecule has 3 rings (SSSR count). The SMILES string of the molecule is CCOCCN1CCN(CCC(=O)N2CCc3ccccc32)C[C@@H]1C. The van der Waals surface area contributed by atoms with Crippen LogP contribution in [-0.2, 0) is 16.0 Å². The lowest BCUT2D eigenvalue weighted by molar-refractivity contribution is -0.119. The van der Waals surface area contributed by atoms with Crippen molar-refractivity contribution in [3.05, 3.63) is 29.8 Å². The Morgan fingerprint density at radius 2 is 2.04 bits per heavy atom. The number of para-hydroxylation sites is 1. The van der Waals surface area contributed by atoms with Crippen molar-refractivity contribution >= 4 is 11.6 Å². The Balaban J connectivity index is 1.43. The number of nitrogens with zero attached hydrogens (tertiary/aromatic N) is 3. The van der Waals surface area contributed by atoms with Crippen molar-refractivity contribution in [3.63, 3.8) is 0 Å². The standard InChI is InChI=1S/C20H31N3O2/c1-3-25-15-14-22-13-12-21(16-17(22)2)10-9-20(24)23-11-8-18-6-4-5-7-19(18)23/h4-7,17H,3,8-16H2,1-2H3/t17-/m0/s1. The Labute approximate surface area is 151 Å². The van der Waals surface area contributed by atoms with Crippen molar-refractivity contribution in [3.8, 4) is 0 Å². The minimum Gasteiger partial charge on any atom is -0.380 e. The quantitative estimate of drug-likeness (QED) is 0.708. The fraction of sp³-hybridized carbons (Fsp3) is 0.650. The molecule has 0 unspecified atom stereocenters. The lowest BCUT2D eigenvalue weighted by Crippen LogP contribution is -2.53. The van der Waals surface area contributed by atoms with Gasteiger partial charge in [0.1, 0.15) is 0 Å². The molecule has 0 bridgehead atoms. The second-order valence-corrected chi connectivity index (χ2v) is 7.06. The van der Waals surface area contributed by atoms with Crippen LogP contribution in [0.3, 0.4) is 0 Å². The predicted molar refractivity (Wildman–Crippen MR) is 101 cm³/mol. The molecule has 2 heterocycles. The summed E-state index contributed by atoms with van der Waals surface area (Å²) in [5, 5.41) is 0. The minimum atomic E-state index is 0.261. The lowest BCUT2D eigenvalue weighted by atomic mass is 10.1. The Bertz CT molecular complexity index is 578. The number of ether oxygens (including phenoxy) is 1. The van der Waals surface area contributed by atoms with E-state index in [-0.39, 0.29) is 5.91 Å². The first-order valence-electron chi connectivity index (χ1n) is 9.61. The fourth-order valence-electron chi connectivity index (χ4n) is 3.92. The van der Waals surface area contributed by atoms with Crippen LogP contribution < -0.4 is 4.90 Å². The number of amides is 1. The summed E-state index contributed by atoms with van der Waals surface area (Å²) in [7, 11) is 0. The summed E-state index contributed by atoms with van der Waals surface area (Å²) in [5.74, 6) is 0.261. The van der Waals surface area contributed by atoms with Gasteiger partial charge in [-0.3, -0.25) is 9.69 Å². The van der Waals surface area contributed by atoms with E-state index in [4.69, 9.17) is 4.74 Å². The molecule has 5 heteroatoms. The highest BCUT2D eigenvalue weighted by molar-refractivity contribution is 5.95. The van der Waals surface area contributed by atoms with Crippen molar-refractivity contribution in [1.82, 2.24) is 9.80 Å². The summed E-state index contributed by atoms with van der Waals surface area (Å²) in [5.41, 5.74) is 2.41. The molecule has 1 saturated heterocycles. The van der Waals surface area contributed by atoms with Gasteiger partial charge >= 0.3 is 0 Å². The zero-order valence-electron chi connectivity index (χ0n) is 15.6. The molecular weight excluding hydrogens is 314 g/mol. The molecule has 0 aromatic heterocycles. The number of rotatable bonds is 7.